The van der Waals surface area contributed by atoms with Gasteiger partial charge in [0.25, 0.3) is 0 Å². The van der Waals surface area contributed by atoms with Crippen molar-refractivity contribution in [1.29, 1.82) is 0 Å². The van der Waals surface area contributed by atoms with Crippen molar-refractivity contribution in [1.82, 2.24) is 0 Å². The Labute approximate surface area is 185 Å². The van der Waals surface area contributed by atoms with Gasteiger partial charge in [-0.15, -0.1) is 0 Å². The highest BCUT2D eigenvalue weighted by Crippen LogP contribution is 2.41. The minimum atomic E-state index is 0.264. The summed E-state index contributed by atoms with van der Waals surface area (Å²) in [5.41, 5.74) is 2.24. The molecule has 0 fully saturated rings. The SMILES string of the molecule is COc1ccc2c(c[n+](C)c3c4cc5c(cc4ccc23)OCO5)c1OCc1ccccc1. The third kappa shape index (κ3) is 2.89. The van der Waals surface area contributed by atoms with Gasteiger partial charge in [0.15, 0.2) is 29.2 Å². The topological polar surface area (TPSA) is 40.8 Å². The maximum atomic E-state index is 6.30. The summed E-state index contributed by atoms with van der Waals surface area (Å²) in [5, 5.41) is 5.50. The van der Waals surface area contributed by atoms with Crippen LogP contribution in [0.15, 0.2) is 72.9 Å². The molecule has 0 bridgehead atoms. The number of aryl methyl sites for hydroxylation is 1. The number of ether oxygens (including phenoxy) is 4. The second-order valence-corrected chi connectivity index (χ2v) is 7.96. The minimum absolute atomic E-state index is 0.264. The van der Waals surface area contributed by atoms with Crippen molar-refractivity contribution in [2.45, 2.75) is 6.61 Å². The van der Waals surface area contributed by atoms with Crippen LogP contribution in [-0.4, -0.2) is 13.9 Å². The van der Waals surface area contributed by atoms with E-state index in [9.17, 15) is 0 Å². The van der Waals surface area contributed by atoms with E-state index in [0.717, 1.165) is 61.0 Å². The second kappa shape index (κ2) is 7.31. The van der Waals surface area contributed by atoms with E-state index in [1.807, 2.05) is 30.3 Å². The molecule has 5 nitrogen and oxygen atoms in total. The first-order chi connectivity index (χ1) is 15.7. The van der Waals surface area contributed by atoms with Crippen LogP contribution in [0.25, 0.3) is 32.4 Å². The summed E-state index contributed by atoms with van der Waals surface area (Å²) in [4.78, 5) is 0. The van der Waals surface area contributed by atoms with Gasteiger partial charge in [-0.05, 0) is 41.3 Å². The van der Waals surface area contributed by atoms with Crippen LogP contribution < -0.4 is 23.5 Å². The maximum absolute atomic E-state index is 6.30. The zero-order valence-electron chi connectivity index (χ0n) is 17.9. The number of hydrogen-bond acceptors (Lipinski definition) is 4. The standard InChI is InChI=1S/C27H22NO4/c1-28-14-22-19(10-11-23(29-2)27(22)30-15-17-6-4-3-5-7-17)20-9-8-18-12-24-25(32-16-31-24)13-21(18)26(20)28/h3-14H,15-16H2,1-2H3/q+1. The van der Waals surface area contributed by atoms with Crippen LogP contribution in [0.2, 0.25) is 0 Å². The summed E-state index contributed by atoms with van der Waals surface area (Å²) in [5.74, 6) is 3.04. The maximum Gasteiger partial charge on any atom is 0.231 e. The van der Waals surface area contributed by atoms with E-state index in [2.05, 4.69) is 54.2 Å². The van der Waals surface area contributed by atoms with Crippen molar-refractivity contribution < 1.29 is 23.5 Å². The van der Waals surface area contributed by atoms with E-state index >= 15 is 0 Å². The molecule has 2 heterocycles. The number of fused-ring (bicyclic) bond motifs is 6. The van der Waals surface area contributed by atoms with Gasteiger partial charge >= 0.3 is 0 Å². The Balaban J connectivity index is 1.58. The summed E-state index contributed by atoms with van der Waals surface area (Å²) in [6, 6.07) is 22.6. The lowest BCUT2D eigenvalue weighted by atomic mass is 10.00. The zero-order valence-corrected chi connectivity index (χ0v) is 17.9. The fraction of sp³-hybridized carbons (Fsp3) is 0.148. The molecule has 5 heteroatoms. The second-order valence-electron chi connectivity index (χ2n) is 7.96. The molecule has 1 aliphatic heterocycles. The van der Waals surface area contributed by atoms with Gasteiger partial charge in [0.1, 0.15) is 13.7 Å². The van der Waals surface area contributed by atoms with Gasteiger partial charge in [-0.1, -0.05) is 36.4 Å². The van der Waals surface area contributed by atoms with E-state index in [1.165, 1.54) is 0 Å². The molecule has 1 aliphatic rings. The Bertz CT molecular complexity index is 1490. The quantitative estimate of drug-likeness (QED) is 0.290. The Morgan fingerprint density at radius 1 is 0.844 bits per heavy atom. The summed E-state index contributed by atoms with van der Waals surface area (Å²) in [7, 11) is 3.74. The highest BCUT2D eigenvalue weighted by molar-refractivity contribution is 6.15. The molecule has 6 rings (SSSR count). The number of pyridine rings is 1. The third-order valence-electron chi connectivity index (χ3n) is 6.06. The number of rotatable bonds is 4. The summed E-state index contributed by atoms with van der Waals surface area (Å²) >= 11 is 0. The molecule has 0 amide bonds. The number of methoxy groups -OCH3 is 1. The number of benzene rings is 4. The fourth-order valence-electron chi connectivity index (χ4n) is 4.54. The molecule has 0 radical (unpaired) electrons. The monoisotopic (exact) mass is 424 g/mol. The molecule has 0 saturated carbocycles. The van der Waals surface area contributed by atoms with Crippen molar-refractivity contribution in [3.05, 3.63) is 78.5 Å². The Morgan fingerprint density at radius 3 is 2.44 bits per heavy atom. The van der Waals surface area contributed by atoms with Gasteiger partial charge in [-0.3, -0.25) is 0 Å². The summed E-state index contributed by atoms with van der Waals surface area (Å²) in [6.07, 6.45) is 2.12. The Hall–Kier alpha value is -3.99. The number of nitrogens with zero attached hydrogens (tertiary/aromatic N) is 1. The van der Waals surface area contributed by atoms with E-state index in [0.29, 0.717) is 6.61 Å². The van der Waals surface area contributed by atoms with E-state index in [4.69, 9.17) is 18.9 Å². The minimum Gasteiger partial charge on any atom is -0.493 e. The number of hydrogen-bond donors (Lipinski definition) is 0. The lowest BCUT2D eigenvalue weighted by molar-refractivity contribution is -0.642. The third-order valence-corrected chi connectivity index (χ3v) is 6.06. The summed E-state index contributed by atoms with van der Waals surface area (Å²) < 4.78 is 25.3. The average Bonchev–Trinajstić information content (AvgIpc) is 3.28. The molecular weight excluding hydrogens is 402 g/mol. The lowest BCUT2D eigenvalue weighted by Gasteiger charge is -2.14. The largest absolute Gasteiger partial charge is 0.493 e. The predicted octanol–water partition coefficient (Wildman–Crippen LogP) is 5.29. The van der Waals surface area contributed by atoms with Crippen molar-refractivity contribution in [2.75, 3.05) is 13.9 Å². The smallest absolute Gasteiger partial charge is 0.231 e. The fourth-order valence-corrected chi connectivity index (χ4v) is 4.54. The Kier molecular flexibility index (Phi) is 4.28. The van der Waals surface area contributed by atoms with E-state index in [1.54, 1.807) is 7.11 Å². The van der Waals surface area contributed by atoms with Crippen molar-refractivity contribution >= 4 is 32.4 Å². The highest BCUT2D eigenvalue weighted by Gasteiger charge is 2.22. The molecule has 32 heavy (non-hydrogen) atoms. The molecule has 0 spiro atoms. The van der Waals surface area contributed by atoms with E-state index in [-0.39, 0.29) is 6.79 Å². The van der Waals surface area contributed by atoms with Crippen LogP contribution in [0.1, 0.15) is 5.56 Å². The predicted molar refractivity (Wildman–Crippen MR) is 124 cm³/mol. The molecule has 0 aliphatic carbocycles. The highest BCUT2D eigenvalue weighted by atomic mass is 16.7. The first-order valence-corrected chi connectivity index (χ1v) is 10.5. The van der Waals surface area contributed by atoms with Gasteiger partial charge in [-0.25, -0.2) is 0 Å². The molecule has 158 valence electrons. The van der Waals surface area contributed by atoms with Gasteiger partial charge in [-0.2, -0.15) is 4.57 Å². The molecule has 0 atom stereocenters. The van der Waals surface area contributed by atoms with Crippen molar-refractivity contribution in [3.8, 4) is 23.0 Å². The van der Waals surface area contributed by atoms with Gasteiger partial charge < -0.3 is 18.9 Å². The molecule has 4 aromatic carbocycles. The van der Waals surface area contributed by atoms with Crippen LogP contribution >= 0.6 is 0 Å². The van der Waals surface area contributed by atoms with Crippen LogP contribution in [-0.2, 0) is 13.7 Å². The van der Waals surface area contributed by atoms with Crippen LogP contribution in [0.3, 0.4) is 0 Å². The van der Waals surface area contributed by atoms with Gasteiger partial charge in [0.05, 0.1) is 23.3 Å². The molecular formula is C27H22NO4+. The number of aromatic nitrogens is 1. The zero-order chi connectivity index (χ0) is 21.7. The molecule has 0 saturated heterocycles. The molecule has 1 aromatic heterocycles. The first-order valence-electron chi connectivity index (χ1n) is 10.5. The first kappa shape index (κ1) is 18.8. The molecule has 5 aromatic rings. The lowest BCUT2D eigenvalue weighted by Crippen LogP contribution is -2.28. The molecule has 0 N–H and O–H groups in total. The van der Waals surface area contributed by atoms with Crippen LogP contribution in [0.5, 0.6) is 23.0 Å². The summed E-state index contributed by atoms with van der Waals surface area (Å²) in [6.45, 7) is 0.736. The Morgan fingerprint density at radius 2 is 1.62 bits per heavy atom. The van der Waals surface area contributed by atoms with Crippen molar-refractivity contribution in [2.24, 2.45) is 7.05 Å². The van der Waals surface area contributed by atoms with Crippen LogP contribution in [0, 0.1) is 0 Å². The van der Waals surface area contributed by atoms with Gasteiger partial charge in [0.2, 0.25) is 12.3 Å². The molecule has 0 unspecified atom stereocenters. The van der Waals surface area contributed by atoms with Crippen molar-refractivity contribution in [3.63, 3.8) is 0 Å². The average molecular weight is 424 g/mol. The van der Waals surface area contributed by atoms with E-state index < -0.39 is 0 Å². The van der Waals surface area contributed by atoms with Gasteiger partial charge in [0, 0.05) is 5.39 Å². The normalized spacial score (nSPS) is 12.6. The van der Waals surface area contributed by atoms with Crippen LogP contribution in [0.4, 0.5) is 0 Å².